The molecule has 1 aliphatic carbocycles. The zero-order chi connectivity index (χ0) is 19.9. The Morgan fingerprint density at radius 1 is 1.22 bits per heavy atom. The standard InChI is InChI=1S/C20H27N3O3S/c1-19(2,3)15-8-10-20(13-21,11-9-15)23-27(25,26)16-5-6-17-14(12-16)4-7-18(24)22-17/h5-6,12,15,23H,4,7-11H2,1-3H3,(H,22,24). The number of fused-ring (bicyclic) bond motifs is 1. The second-order valence-electron chi connectivity index (χ2n) is 8.81. The number of nitrogens with one attached hydrogen (secondary N) is 2. The van der Waals surface area contributed by atoms with Gasteiger partial charge in [0.15, 0.2) is 0 Å². The Morgan fingerprint density at radius 2 is 1.89 bits per heavy atom. The molecule has 0 bridgehead atoms. The van der Waals surface area contributed by atoms with Crippen LogP contribution >= 0.6 is 0 Å². The van der Waals surface area contributed by atoms with Crippen molar-refractivity contribution in [1.29, 1.82) is 5.26 Å². The van der Waals surface area contributed by atoms with E-state index in [1.165, 1.54) is 6.07 Å². The van der Waals surface area contributed by atoms with Gasteiger partial charge in [-0.15, -0.1) is 0 Å². The number of carbonyl (C=O) groups excluding carboxylic acids is 1. The summed E-state index contributed by atoms with van der Waals surface area (Å²) in [5.74, 6) is 0.422. The number of benzene rings is 1. The lowest BCUT2D eigenvalue weighted by Gasteiger charge is -2.40. The summed E-state index contributed by atoms with van der Waals surface area (Å²) in [6.45, 7) is 6.56. The van der Waals surface area contributed by atoms with Crippen LogP contribution in [0.25, 0.3) is 0 Å². The van der Waals surface area contributed by atoms with Crippen molar-refractivity contribution >= 4 is 21.6 Å². The molecule has 6 nitrogen and oxygen atoms in total. The van der Waals surface area contributed by atoms with Gasteiger partial charge in [0, 0.05) is 12.1 Å². The van der Waals surface area contributed by atoms with Gasteiger partial charge in [-0.3, -0.25) is 4.79 Å². The minimum atomic E-state index is -3.82. The lowest BCUT2D eigenvalue weighted by Crippen LogP contribution is -2.50. The average molecular weight is 390 g/mol. The highest BCUT2D eigenvalue weighted by atomic mass is 32.2. The summed E-state index contributed by atoms with van der Waals surface area (Å²) in [6, 6.07) is 6.94. The lowest BCUT2D eigenvalue weighted by atomic mass is 9.68. The first-order valence-electron chi connectivity index (χ1n) is 9.43. The van der Waals surface area contributed by atoms with Crippen LogP contribution in [0.15, 0.2) is 23.1 Å². The van der Waals surface area contributed by atoms with Crippen molar-refractivity contribution in [1.82, 2.24) is 4.72 Å². The molecular formula is C20H27N3O3S. The highest BCUT2D eigenvalue weighted by Crippen LogP contribution is 2.41. The molecular weight excluding hydrogens is 362 g/mol. The van der Waals surface area contributed by atoms with E-state index in [1.807, 2.05) is 0 Å². The van der Waals surface area contributed by atoms with Crippen LogP contribution in [-0.2, 0) is 21.2 Å². The summed E-state index contributed by atoms with van der Waals surface area (Å²) < 4.78 is 28.6. The van der Waals surface area contributed by atoms with Crippen LogP contribution < -0.4 is 10.0 Å². The number of aryl methyl sites for hydroxylation is 1. The van der Waals surface area contributed by atoms with E-state index in [2.05, 4.69) is 36.9 Å². The van der Waals surface area contributed by atoms with Gasteiger partial charge in [0.05, 0.1) is 11.0 Å². The van der Waals surface area contributed by atoms with Crippen molar-refractivity contribution in [2.75, 3.05) is 5.32 Å². The minimum Gasteiger partial charge on any atom is -0.326 e. The highest BCUT2D eigenvalue weighted by molar-refractivity contribution is 7.89. The third-order valence-corrected chi connectivity index (χ3v) is 7.42. The largest absolute Gasteiger partial charge is 0.326 e. The topological polar surface area (TPSA) is 99.1 Å². The number of amides is 1. The Hall–Kier alpha value is -1.91. The molecule has 27 heavy (non-hydrogen) atoms. The first kappa shape index (κ1) is 19.8. The van der Waals surface area contributed by atoms with Crippen molar-refractivity contribution in [2.45, 2.75) is 69.7 Å². The molecule has 2 aliphatic rings. The Balaban J connectivity index is 1.80. The van der Waals surface area contributed by atoms with Gasteiger partial charge < -0.3 is 5.32 Å². The molecule has 2 N–H and O–H groups in total. The van der Waals surface area contributed by atoms with E-state index >= 15 is 0 Å². The van der Waals surface area contributed by atoms with Crippen molar-refractivity contribution in [3.63, 3.8) is 0 Å². The van der Waals surface area contributed by atoms with Gasteiger partial charge in [-0.25, -0.2) is 8.42 Å². The molecule has 7 heteroatoms. The van der Waals surface area contributed by atoms with Crippen LogP contribution in [0.3, 0.4) is 0 Å². The summed E-state index contributed by atoms with van der Waals surface area (Å²) >= 11 is 0. The van der Waals surface area contributed by atoms with Crippen molar-refractivity contribution in [2.24, 2.45) is 11.3 Å². The molecule has 1 heterocycles. The first-order valence-corrected chi connectivity index (χ1v) is 10.9. The number of rotatable bonds is 3. The maximum atomic E-state index is 12.9. The van der Waals surface area contributed by atoms with Crippen LogP contribution in [-0.4, -0.2) is 19.9 Å². The van der Waals surface area contributed by atoms with Gasteiger partial charge in [0.1, 0.15) is 5.54 Å². The van der Waals surface area contributed by atoms with E-state index in [1.54, 1.807) is 12.1 Å². The van der Waals surface area contributed by atoms with Crippen LogP contribution in [0.5, 0.6) is 0 Å². The van der Waals surface area contributed by atoms with Crippen molar-refractivity contribution in [3.8, 4) is 6.07 Å². The van der Waals surface area contributed by atoms with Gasteiger partial charge in [-0.1, -0.05) is 20.8 Å². The second-order valence-corrected chi connectivity index (χ2v) is 10.5. The van der Waals surface area contributed by atoms with E-state index in [0.717, 1.165) is 18.4 Å². The molecule has 1 aromatic rings. The normalized spacial score (nSPS) is 26.0. The molecule has 1 fully saturated rings. The highest BCUT2D eigenvalue weighted by Gasteiger charge is 2.42. The molecule has 1 aliphatic heterocycles. The molecule has 0 aromatic heterocycles. The molecule has 0 spiro atoms. The maximum absolute atomic E-state index is 12.9. The Bertz CT molecular complexity index is 886. The number of anilines is 1. The van der Waals surface area contributed by atoms with Gasteiger partial charge in [-0.2, -0.15) is 9.98 Å². The summed E-state index contributed by atoms with van der Waals surface area (Å²) in [5.41, 5.74) is 0.569. The Kier molecular flexibility index (Phi) is 5.08. The fourth-order valence-electron chi connectivity index (χ4n) is 4.06. The van der Waals surface area contributed by atoms with Gasteiger partial charge in [-0.05, 0) is 67.2 Å². The number of nitrogens with zero attached hydrogens (tertiary/aromatic N) is 1. The van der Waals surface area contributed by atoms with Gasteiger partial charge >= 0.3 is 0 Å². The van der Waals surface area contributed by atoms with Gasteiger partial charge in [0.2, 0.25) is 15.9 Å². The summed E-state index contributed by atoms with van der Waals surface area (Å²) in [5, 5.41) is 12.5. The fourth-order valence-corrected chi connectivity index (χ4v) is 5.48. The molecule has 0 radical (unpaired) electrons. The molecule has 1 aromatic carbocycles. The molecule has 1 saturated carbocycles. The van der Waals surface area contributed by atoms with Crippen LogP contribution in [0, 0.1) is 22.7 Å². The number of carbonyl (C=O) groups is 1. The number of hydrogen-bond donors (Lipinski definition) is 2. The van der Waals surface area contributed by atoms with Gasteiger partial charge in [0.25, 0.3) is 0 Å². The van der Waals surface area contributed by atoms with Crippen molar-refractivity contribution < 1.29 is 13.2 Å². The monoisotopic (exact) mass is 389 g/mol. The van der Waals surface area contributed by atoms with Crippen LogP contribution in [0.4, 0.5) is 5.69 Å². The fraction of sp³-hybridized carbons (Fsp3) is 0.600. The zero-order valence-electron chi connectivity index (χ0n) is 16.1. The minimum absolute atomic E-state index is 0.0599. The third-order valence-electron chi connectivity index (χ3n) is 5.89. The first-order chi connectivity index (χ1) is 12.5. The molecule has 146 valence electrons. The number of nitriles is 1. The maximum Gasteiger partial charge on any atom is 0.241 e. The van der Waals surface area contributed by atoms with Crippen LogP contribution in [0.1, 0.15) is 58.4 Å². The summed E-state index contributed by atoms with van der Waals surface area (Å²) in [6.07, 6.45) is 3.56. The van der Waals surface area contributed by atoms with Crippen LogP contribution in [0.2, 0.25) is 0 Å². The van der Waals surface area contributed by atoms with E-state index in [0.29, 0.717) is 37.3 Å². The molecule has 3 rings (SSSR count). The molecule has 0 atom stereocenters. The Morgan fingerprint density at radius 3 is 2.48 bits per heavy atom. The lowest BCUT2D eigenvalue weighted by molar-refractivity contribution is -0.116. The van der Waals surface area contributed by atoms with E-state index in [-0.39, 0.29) is 16.2 Å². The van der Waals surface area contributed by atoms with Crippen molar-refractivity contribution in [3.05, 3.63) is 23.8 Å². The SMILES string of the molecule is CC(C)(C)C1CCC(C#N)(NS(=O)(=O)c2ccc3c(c2)CCC(=O)N3)CC1. The number of hydrogen-bond acceptors (Lipinski definition) is 4. The quantitative estimate of drug-likeness (QED) is 0.828. The van der Waals surface area contributed by atoms with E-state index < -0.39 is 15.6 Å². The predicted molar refractivity (Wildman–Crippen MR) is 103 cm³/mol. The predicted octanol–water partition coefficient (Wildman–Crippen LogP) is 3.35. The molecule has 0 unspecified atom stereocenters. The molecule has 0 saturated heterocycles. The summed E-state index contributed by atoms with van der Waals surface area (Å²) in [4.78, 5) is 11.6. The Labute approximate surface area is 161 Å². The smallest absolute Gasteiger partial charge is 0.241 e. The summed E-state index contributed by atoms with van der Waals surface area (Å²) in [7, 11) is -3.82. The second kappa shape index (κ2) is 6.92. The number of sulfonamides is 1. The third kappa shape index (κ3) is 4.17. The van der Waals surface area contributed by atoms with E-state index in [4.69, 9.17) is 0 Å². The zero-order valence-corrected chi connectivity index (χ0v) is 16.9. The molecule has 1 amide bonds. The average Bonchev–Trinajstić information content (AvgIpc) is 2.60. The van der Waals surface area contributed by atoms with E-state index in [9.17, 15) is 18.5 Å².